The number of hydrogen-bond acceptors (Lipinski definition) is 2. The number of hydrogen-bond donors (Lipinski definition) is 2. The molecule has 0 aliphatic carbocycles. The van der Waals surface area contributed by atoms with E-state index in [-0.39, 0.29) is 6.61 Å². The molecule has 0 aliphatic rings. The van der Waals surface area contributed by atoms with Crippen molar-refractivity contribution in [2.24, 2.45) is 0 Å². The Labute approximate surface area is 59.1 Å². The largest absolute Gasteiger partial charge is 0.395 e. The standard InChI is InChI=1S/C7H8N2O/c10-6-2-1-3-7-4-5-8-9-7/h4-5,10H,2,6H2,(H,8,9). The maximum absolute atomic E-state index is 8.37. The lowest BCUT2D eigenvalue weighted by Gasteiger charge is -1.77. The predicted octanol–water partition coefficient (Wildman–Crippen LogP) is 0.144. The van der Waals surface area contributed by atoms with Gasteiger partial charge >= 0.3 is 0 Å². The summed E-state index contributed by atoms with van der Waals surface area (Å²) in [5.74, 6) is 5.56. The van der Waals surface area contributed by atoms with Crippen LogP contribution in [0.4, 0.5) is 0 Å². The fourth-order valence-electron chi connectivity index (χ4n) is 0.539. The topological polar surface area (TPSA) is 48.9 Å². The van der Waals surface area contributed by atoms with E-state index in [0.29, 0.717) is 6.42 Å². The molecular formula is C7H8N2O. The first kappa shape index (κ1) is 6.84. The highest BCUT2D eigenvalue weighted by Gasteiger charge is 1.81. The van der Waals surface area contributed by atoms with Crippen molar-refractivity contribution in [1.29, 1.82) is 0 Å². The lowest BCUT2D eigenvalue weighted by Crippen LogP contribution is -1.77. The van der Waals surface area contributed by atoms with Gasteiger partial charge in [-0.15, -0.1) is 0 Å². The normalized spacial score (nSPS) is 8.50. The number of nitrogens with zero attached hydrogens (tertiary/aromatic N) is 1. The van der Waals surface area contributed by atoms with E-state index in [0.717, 1.165) is 5.69 Å². The molecule has 1 aromatic rings. The summed E-state index contributed by atoms with van der Waals surface area (Å²) in [6.07, 6.45) is 2.15. The van der Waals surface area contributed by atoms with E-state index in [1.54, 1.807) is 12.3 Å². The summed E-state index contributed by atoms with van der Waals surface area (Å²) in [5, 5.41) is 14.8. The molecule has 1 heterocycles. The second-order valence-electron chi connectivity index (χ2n) is 1.75. The van der Waals surface area contributed by atoms with Crippen molar-refractivity contribution >= 4 is 0 Å². The quantitative estimate of drug-likeness (QED) is 0.540. The second-order valence-corrected chi connectivity index (χ2v) is 1.75. The minimum atomic E-state index is 0.112. The Bertz CT molecular complexity index is 230. The van der Waals surface area contributed by atoms with Gasteiger partial charge in [0.25, 0.3) is 0 Å². The Morgan fingerprint density at radius 3 is 3.20 bits per heavy atom. The van der Waals surface area contributed by atoms with Crippen LogP contribution in [0.1, 0.15) is 12.1 Å². The van der Waals surface area contributed by atoms with Gasteiger partial charge in [-0.2, -0.15) is 5.10 Å². The number of aliphatic hydroxyl groups is 1. The Morgan fingerprint density at radius 1 is 1.70 bits per heavy atom. The van der Waals surface area contributed by atoms with E-state index >= 15 is 0 Å². The van der Waals surface area contributed by atoms with E-state index in [9.17, 15) is 0 Å². The Hall–Kier alpha value is -1.27. The SMILES string of the molecule is OCCC#Cc1ccn[nH]1. The molecule has 0 saturated heterocycles. The van der Waals surface area contributed by atoms with Crippen molar-refractivity contribution in [2.75, 3.05) is 6.61 Å². The molecule has 3 heteroatoms. The molecule has 0 spiro atoms. The van der Waals surface area contributed by atoms with Crippen molar-refractivity contribution in [1.82, 2.24) is 10.2 Å². The smallest absolute Gasteiger partial charge is 0.107 e. The van der Waals surface area contributed by atoms with Gasteiger partial charge in [0.15, 0.2) is 0 Å². The first-order valence-electron chi connectivity index (χ1n) is 3.02. The molecular weight excluding hydrogens is 128 g/mol. The summed E-state index contributed by atoms with van der Waals surface area (Å²) in [7, 11) is 0. The monoisotopic (exact) mass is 136 g/mol. The van der Waals surface area contributed by atoms with Crippen LogP contribution >= 0.6 is 0 Å². The summed E-state index contributed by atoms with van der Waals surface area (Å²) in [4.78, 5) is 0. The molecule has 0 amide bonds. The van der Waals surface area contributed by atoms with E-state index in [1.165, 1.54) is 0 Å². The van der Waals surface area contributed by atoms with Gasteiger partial charge in [-0.3, -0.25) is 5.10 Å². The molecule has 0 aromatic carbocycles. The third-order valence-electron chi connectivity index (χ3n) is 0.961. The van der Waals surface area contributed by atoms with E-state index in [2.05, 4.69) is 22.0 Å². The van der Waals surface area contributed by atoms with Gasteiger partial charge in [0.1, 0.15) is 5.69 Å². The van der Waals surface area contributed by atoms with Crippen LogP contribution in [0.15, 0.2) is 12.3 Å². The first-order chi connectivity index (χ1) is 4.93. The molecule has 2 N–H and O–H groups in total. The Kier molecular flexibility index (Phi) is 2.53. The number of rotatable bonds is 1. The first-order valence-corrected chi connectivity index (χ1v) is 3.02. The third-order valence-corrected chi connectivity index (χ3v) is 0.961. The highest BCUT2D eigenvalue weighted by atomic mass is 16.2. The summed E-state index contributed by atoms with van der Waals surface area (Å²) in [6, 6.07) is 1.78. The number of aromatic amines is 1. The van der Waals surface area contributed by atoms with Gasteiger partial charge in [0.05, 0.1) is 6.61 Å². The van der Waals surface area contributed by atoms with Gasteiger partial charge in [-0.25, -0.2) is 0 Å². The van der Waals surface area contributed by atoms with Gasteiger partial charge in [-0.05, 0) is 12.0 Å². The van der Waals surface area contributed by atoms with Crippen molar-refractivity contribution in [2.45, 2.75) is 6.42 Å². The fraction of sp³-hybridized carbons (Fsp3) is 0.286. The zero-order valence-electron chi connectivity index (χ0n) is 5.46. The molecule has 52 valence electrons. The molecule has 0 atom stereocenters. The molecule has 3 nitrogen and oxygen atoms in total. The number of H-pyrrole nitrogens is 1. The highest BCUT2D eigenvalue weighted by molar-refractivity contribution is 5.24. The molecule has 0 saturated carbocycles. The maximum Gasteiger partial charge on any atom is 0.107 e. The highest BCUT2D eigenvalue weighted by Crippen LogP contribution is 1.86. The maximum atomic E-state index is 8.37. The number of nitrogens with one attached hydrogen (secondary N) is 1. The van der Waals surface area contributed by atoms with Crippen LogP contribution in [0, 0.1) is 11.8 Å². The predicted molar refractivity (Wildman–Crippen MR) is 37.2 cm³/mol. The van der Waals surface area contributed by atoms with Gasteiger partial charge in [0.2, 0.25) is 0 Å². The minimum absolute atomic E-state index is 0.112. The number of aromatic nitrogens is 2. The summed E-state index contributed by atoms with van der Waals surface area (Å²) >= 11 is 0. The van der Waals surface area contributed by atoms with Crippen LogP contribution in [0.25, 0.3) is 0 Å². The third kappa shape index (κ3) is 1.92. The van der Waals surface area contributed by atoms with Crippen LogP contribution in [0.5, 0.6) is 0 Å². The molecule has 1 rings (SSSR count). The Morgan fingerprint density at radius 2 is 2.60 bits per heavy atom. The molecule has 1 aromatic heterocycles. The van der Waals surface area contributed by atoms with Gasteiger partial charge < -0.3 is 5.11 Å². The van der Waals surface area contributed by atoms with Crippen LogP contribution in [0.3, 0.4) is 0 Å². The van der Waals surface area contributed by atoms with Crippen molar-refractivity contribution in [3.63, 3.8) is 0 Å². The molecule has 0 bridgehead atoms. The number of aliphatic hydroxyl groups excluding tert-OH is 1. The van der Waals surface area contributed by atoms with Crippen molar-refractivity contribution < 1.29 is 5.11 Å². The zero-order chi connectivity index (χ0) is 7.23. The zero-order valence-corrected chi connectivity index (χ0v) is 5.46. The van der Waals surface area contributed by atoms with Crippen LogP contribution in [-0.2, 0) is 0 Å². The van der Waals surface area contributed by atoms with Crippen molar-refractivity contribution in [3.05, 3.63) is 18.0 Å². The minimum Gasteiger partial charge on any atom is -0.395 e. The van der Waals surface area contributed by atoms with Gasteiger partial charge in [-0.1, -0.05) is 5.92 Å². The van der Waals surface area contributed by atoms with E-state index in [4.69, 9.17) is 5.11 Å². The second kappa shape index (κ2) is 3.70. The average Bonchev–Trinajstić information content (AvgIpc) is 2.41. The molecule has 0 unspecified atom stereocenters. The van der Waals surface area contributed by atoms with E-state index in [1.807, 2.05) is 0 Å². The van der Waals surface area contributed by atoms with Crippen LogP contribution in [-0.4, -0.2) is 21.9 Å². The van der Waals surface area contributed by atoms with Crippen LogP contribution in [0.2, 0.25) is 0 Å². The molecule has 0 aliphatic heterocycles. The average molecular weight is 136 g/mol. The van der Waals surface area contributed by atoms with Crippen molar-refractivity contribution in [3.8, 4) is 11.8 Å². The summed E-state index contributed by atoms with van der Waals surface area (Å²) < 4.78 is 0. The fourth-order valence-corrected chi connectivity index (χ4v) is 0.539. The summed E-state index contributed by atoms with van der Waals surface area (Å²) in [5.41, 5.74) is 0.786. The molecule has 10 heavy (non-hydrogen) atoms. The molecule has 0 fully saturated rings. The van der Waals surface area contributed by atoms with Crippen LogP contribution < -0.4 is 0 Å². The van der Waals surface area contributed by atoms with Gasteiger partial charge in [0, 0.05) is 12.6 Å². The van der Waals surface area contributed by atoms with E-state index < -0.39 is 0 Å². The molecule has 0 radical (unpaired) electrons. The lowest BCUT2D eigenvalue weighted by molar-refractivity contribution is 0.305. The lowest BCUT2D eigenvalue weighted by atomic mass is 10.4. The Balaban J connectivity index is 2.49. The summed E-state index contributed by atoms with van der Waals surface area (Å²) in [6.45, 7) is 0.112.